The van der Waals surface area contributed by atoms with Gasteiger partial charge in [0.1, 0.15) is 17.2 Å². The van der Waals surface area contributed by atoms with Crippen LogP contribution in [0.25, 0.3) is 33.4 Å². The van der Waals surface area contributed by atoms with Crippen LogP contribution in [0.2, 0.25) is 25.7 Å². The van der Waals surface area contributed by atoms with Crippen LogP contribution in [0.4, 0.5) is 9.18 Å². The molecule has 0 aliphatic heterocycles. The number of benzene rings is 3. The third-order valence-electron chi connectivity index (χ3n) is 9.38. The predicted molar refractivity (Wildman–Crippen MR) is 179 cm³/mol. The number of nitrogens with one attached hydrogen (secondary N) is 2. The number of rotatable bonds is 11. The summed E-state index contributed by atoms with van der Waals surface area (Å²) in [6.07, 6.45) is 2.54. The van der Waals surface area contributed by atoms with Gasteiger partial charge in [0.25, 0.3) is 11.8 Å². The molecule has 1 heterocycles. The first kappa shape index (κ1) is 31.5. The first-order valence-corrected chi connectivity index (χ1v) is 19.5. The largest absolute Gasteiger partial charge is 0.465 e. The monoisotopic (exact) mass is 641 g/mol. The first-order chi connectivity index (χ1) is 21.8. The normalized spacial score (nSPS) is 18.4. The zero-order valence-corrected chi connectivity index (χ0v) is 27.7. The van der Waals surface area contributed by atoms with Crippen LogP contribution >= 0.6 is 0 Å². The smallest absolute Gasteiger partial charge is 0.407 e. The molecule has 3 fully saturated rings. The van der Waals surface area contributed by atoms with Crippen molar-refractivity contribution in [2.24, 2.45) is 5.92 Å². The Balaban J connectivity index is 1.43. The molecule has 2 bridgehead atoms. The minimum atomic E-state index is -1.48. The molecule has 3 saturated carbocycles. The number of carbonyl (C=O) groups is 3. The molecule has 7 rings (SSSR count). The maximum absolute atomic E-state index is 13.8. The van der Waals surface area contributed by atoms with Crippen molar-refractivity contribution in [3.05, 3.63) is 83.2 Å². The molecule has 3 amide bonds. The number of hydrogen-bond donors (Lipinski definition) is 3. The van der Waals surface area contributed by atoms with Crippen LogP contribution in [0.5, 0.6) is 0 Å². The second kappa shape index (κ2) is 12.1. The molecule has 0 radical (unpaired) electrons. The standard InChI is InChI=1S/C36H40FN3O5Si/c1-38-34(42)31-29-18-28(24-6-5-7-26(16-24)33(41)39-36-19-22(20-36)21-36)25(12-13-40(35(43)44)14-15-46(2,3)4)17-30(29)45-32(31)23-8-10-27(37)11-9-23/h5-11,16-18,22H,12-15,19-21H2,1-4H3,(H,38,42)(H,39,41)(H,43,44). The van der Waals surface area contributed by atoms with Gasteiger partial charge in [0, 0.05) is 50.3 Å². The van der Waals surface area contributed by atoms with Crippen molar-refractivity contribution < 1.29 is 28.3 Å². The van der Waals surface area contributed by atoms with Gasteiger partial charge in [0.2, 0.25) is 0 Å². The van der Waals surface area contributed by atoms with Crippen LogP contribution in [0.3, 0.4) is 0 Å². The van der Waals surface area contributed by atoms with Crippen molar-refractivity contribution in [3.63, 3.8) is 0 Å². The molecule has 240 valence electrons. The van der Waals surface area contributed by atoms with E-state index in [0.29, 0.717) is 46.4 Å². The quantitative estimate of drug-likeness (QED) is 0.148. The predicted octanol–water partition coefficient (Wildman–Crippen LogP) is 7.41. The van der Waals surface area contributed by atoms with Crippen LogP contribution in [0, 0.1) is 11.7 Å². The Labute approximate surface area is 269 Å². The molecule has 3 N–H and O–H groups in total. The zero-order chi connectivity index (χ0) is 32.8. The van der Waals surface area contributed by atoms with Gasteiger partial charge in [-0.2, -0.15) is 0 Å². The summed E-state index contributed by atoms with van der Waals surface area (Å²) in [6.45, 7) is 7.38. The van der Waals surface area contributed by atoms with Gasteiger partial charge < -0.3 is 25.1 Å². The molecular formula is C36H40FN3O5Si. The van der Waals surface area contributed by atoms with Gasteiger partial charge in [0.05, 0.1) is 5.56 Å². The summed E-state index contributed by atoms with van der Waals surface area (Å²) >= 11 is 0. The summed E-state index contributed by atoms with van der Waals surface area (Å²) in [4.78, 5) is 40.2. The maximum Gasteiger partial charge on any atom is 0.407 e. The van der Waals surface area contributed by atoms with Crippen molar-refractivity contribution in [2.75, 3.05) is 20.1 Å². The molecule has 1 aromatic heterocycles. The Morgan fingerprint density at radius 3 is 2.30 bits per heavy atom. The summed E-state index contributed by atoms with van der Waals surface area (Å²) in [6, 6.07) is 17.8. The number of nitrogens with zero attached hydrogens (tertiary/aromatic N) is 1. The first-order valence-electron chi connectivity index (χ1n) is 15.8. The molecule has 0 saturated heterocycles. The number of amides is 3. The lowest BCUT2D eigenvalue weighted by atomic mass is 9.50. The second-order valence-electron chi connectivity index (χ2n) is 14.0. The van der Waals surface area contributed by atoms with Gasteiger partial charge in [-0.05, 0) is 103 Å². The lowest BCUT2D eigenvalue weighted by molar-refractivity contribution is -0.0438. The molecule has 8 nitrogen and oxygen atoms in total. The molecule has 0 unspecified atom stereocenters. The molecule has 3 aliphatic rings. The number of furan rings is 1. The van der Waals surface area contributed by atoms with Gasteiger partial charge in [-0.15, -0.1) is 0 Å². The van der Waals surface area contributed by atoms with Crippen LogP contribution in [0.1, 0.15) is 45.5 Å². The maximum atomic E-state index is 13.8. The van der Waals surface area contributed by atoms with Crippen LogP contribution in [0.15, 0.2) is 65.1 Å². The summed E-state index contributed by atoms with van der Waals surface area (Å²) in [5.74, 6) is 0.180. The Hall–Kier alpha value is -4.44. The van der Waals surface area contributed by atoms with Gasteiger partial charge in [0.15, 0.2) is 0 Å². The van der Waals surface area contributed by atoms with E-state index in [1.807, 2.05) is 30.3 Å². The third-order valence-corrected chi connectivity index (χ3v) is 11.1. The number of carbonyl (C=O) groups excluding carboxylic acids is 2. The highest BCUT2D eigenvalue weighted by Gasteiger charge is 2.57. The molecule has 3 aliphatic carbocycles. The number of hydrogen-bond acceptors (Lipinski definition) is 4. The SMILES string of the molecule is CNC(=O)c1c(-c2ccc(F)cc2)oc2cc(CCN(CC[Si](C)(C)C)C(=O)O)c(-c3cccc(C(=O)NC45CC(C4)C5)c3)cc12. The van der Waals surface area contributed by atoms with Crippen molar-refractivity contribution in [2.45, 2.75) is 56.9 Å². The van der Waals surface area contributed by atoms with Gasteiger partial charge >= 0.3 is 6.09 Å². The van der Waals surface area contributed by atoms with Gasteiger partial charge in [-0.1, -0.05) is 31.8 Å². The Morgan fingerprint density at radius 2 is 1.70 bits per heavy atom. The average Bonchev–Trinajstić information content (AvgIpc) is 3.35. The van der Waals surface area contributed by atoms with E-state index in [1.54, 1.807) is 25.2 Å². The fourth-order valence-corrected chi connectivity index (χ4v) is 7.56. The third kappa shape index (κ3) is 6.31. The van der Waals surface area contributed by atoms with Crippen molar-refractivity contribution in [1.82, 2.24) is 15.5 Å². The fraction of sp³-hybridized carbons (Fsp3) is 0.361. The molecule has 4 aromatic rings. The number of carboxylic acid groups (broad SMARTS) is 1. The molecular weight excluding hydrogens is 601 g/mol. The molecule has 3 aromatic carbocycles. The van der Waals surface area contributed by atoms with E-state index < -0.39 is 20.0 Å². The Morgan fingerprint density at radius 1 is 0.978 bits per heavy atom. The second-order valence-corrected chi connectivity index (χ2v) is 19.6. The van der Waals surface area contributed by atoms with E-state index in [0.717, 1.165) is 47.9 Å². The molecule has 46 heavy (non-hydrogen) atoms. The van der Waals surface area contributed by atoms with Gasteiger partial charge in [-0.3, -0.25) is 9.59 Å². The van der Waals surface area contributed by atoms with Crippen LogP contribution < -0.4 is 10.6 Å². The van der Waals surface area contributed by atoms with E-state index in [4.69, 9.17) is 4.42 Å². The average molecular weight is 642 g/mol. The topological polar surface area (TPSA) is 112 Å². The number of fused-ring (bicyclic) bond motifs is 1. The van der Waals surface area contributed by atoms with E-state index in [9.17, 15) is 23.9 Å². The van der Waals surface area contributed by atoms with Crippen molar-refractivity contribution in [3.8, 4) is 22.5 Å². The highest BCUT2D eigenvalue weighted by atomic mass is 28.3. The Bertz CT molecular complexity index is 1810. The van der Waals surface area contributed by atoms with Crippen molar-refractivity contribution in [1.29, 1.82) is 0 Å². The van der Waals surface area contributed by atoms with E-state index >= 15 is 0 Å². The summed E-state index contributed by atoms with van der Waals surface area (Å²) in [5, 5.41) is 16.5. The van der Waals surface area contributed by atoms with Gasteiger partial charge in [-0.25, -0.2) is 9.18 Å². The minimum Gasteiger partial charge on any atom is -0.465 e. The van der Waals surface area contributed by atoms with E-state index in [2.05, 4.69) is 30.3 Å². The lowest BCUT2D eigenvalue weighted by Gasteiger charge is -2.61. The highest BCUT2D eigenvalue weighted by Crippen LogP contribution is 2.57. The zero-order valence-electron chi connectivity index (χ0n) is 26.7. The Kier molecular flexibility index (Phi) is 8.26. The van der Waals surface area contributed by atoms with Crippen LogP contribution in [-0.4, -0.2) is 61.7 Å². The van der Waals surface area contributed by atoms with E-state index in [1.165, 1.54) is 17.0 Å². The minimum absolute atomic E-state index is 0.0615. The molecule has 0 atom stereocenters. The number of halogens is 1. The molecule has 10 heteroatoms. The summed E-state index contributed by atoms with van der Waals surface area (Å²) in [7, 11) is 0.0643. The molecule has 0 spiro atoms. The van der Waals surface area contributed by atoms with Crippen molar-refractivity contribution >= 4 is 37.0 Å². The highest BCUT2D eigenvalue weighted by molar-refractivity contribution is 6.76. The van der Waals surface area contributed by atoms with E-state index in [-0.39, 0.29) is 23.9 Å². The van der Waals surface area contributed by atoms with Crippen LogP contribution in [-0.2, 0) is 6.42 Å². The summed E-state index contributed by atoms with van der Waals surface area (Å²) < 4.78 is 20.1. The summed E-state index contributed by atoms with van der Waals surface area (Å²) in [5.41, 5.74) is 4.18. The fourth-order valence-electron chi connectivity index (χ4n) is 6.62. The lowest BCUT2D eigenvalue weighted by Crippen LogP contribution is -2.68.